The third-order valence-corrected chi connectivity index (χ3v) is 3.67. The third-order valence-electron chi connectivity index (χ3n) is 3.67. The molecule has 0 radical (unpaired) electrons. The molecule has 4 nitrogen and oxygen atoms in total. The SMILES string of the molecule is COCc1ccc(C(=O)N(Cc2ccc(F)cc2)C2CC2)o1. The van der Waals surface area contributed by atoms with Gasteiger partial charge in [0.15, 0.2) is 5.76 Å². The van der Waals surface area contributed by atoms with Crippen LogP contribution < -0.4 is 0 Å². The Kier molecular flexibility index (Phi) is 4.24. The van der Waals surface area contributed by atoms with Crippen LogP contribution in [0.3, 0.4) is 0 Å². The van der Waals surface area contributed by atoms with Crippen LogP contribution in [0.25, 0.3) is 0 Å². The Morgan fingerprint density at radius 2 is 2.00 bits per heavy atom. The zero-order chi connectivity index (χ0) is 15.5. The van der Waals surface area contributed by atoms with E-state index < -0.39 is 0 Å². The minimum absolute atomic E-state index is 0.130. The summed E-state index contributed by atoms with van der Waals surface area (Å²) in [6.45, 7) is 0.804. The van der Waals surface area contributed by atoms with Crippen molar-refractivity contribution in [3.05, 3.63) is 59.3 Å². The Balaban J connectivity index is 1.75. The highest BCUT2D eigenvalue weighted by Gasteiger charge is 2.34. The minimum atomic E-state index is -0.275. The predicted molar refractivity (Wildman–Crippen MR) is 78.7 cm³/mol. The lowest BCUT2D eigenvalue weighted by Gasteiger charge is -2.21. The smallest absolute Gasteiger partial charge is 0.290 e. The number of hydrogen-bond acceptors (Lipinski definition) is 3. The van der Waals surface area contributed by atoms with Crippen LogP contribution >= 0.6 is 0 Å². The van der Waals surface area contributed by atoms with Gasteiger partial charge in [-0.15, -0.1) is 0 Å². The van der Waals surface area contributed by atoms with Crippen LogP contribution in [-0.2, 0) is 17.9 Å². The van der Waals surface area contributed by atoms with Gasteiger partial charge >= 0.3 is 0 Å². The van der Waals surface area contributed by atoms with E-state index in [1.807, 2.05) is 0 Å². The lowest BCUT2D eigenvalue weighted by atomic mass is 10.2. The van der Waals surface area contributed by atoms with Gasteiger partial charge in [-0.3, -0.25) is 4.79 Å². The van der Waals surface area contributed by atoms with E-state index in [0.717, 1.165) is 18.4 Å². The molecular weight excluding hydrogens is 285 g/mol. The number of carbonyl (C=O) groups excluding carboxylic acids is 1. The summed E-state index contributed by atoms with van der Waals surface area (Å²) in [5.41, 5.74) is 0.908. The summed E-state index contributed by atoms with van der Waals surface area (Å²) in [7, 11) is 1.58. The molecule has 1 saturated carbocycles. The van der Waals surface area contributed by atoms with Crippen molar-refractivity contribution in [3.8, 4) is 0 Å². The van der Waals surface area contributed by atoms with Crippen LogP contribution in [0.2, 0.25) is 0 Å². The van der Waals surface area contributed by atoms with Gasteiger partial charge in [0.25, 0.3) is 5.91 Å². The molecule has 1 fully saturated rings. The first-order valence-corrected chi connectivity index (χ1v) is 7.30. The number of hydrogen-bond donors (Lipinski definition) is 0. The third kappa shape index (κ3) is 3.36. The van der Waals surface area contributed by atoms with Crippen molar-refractivity contribution in [1.82, 2.24) is 4.90 Å². The molecule has 0 spiro atoms. The van der Waals surface area contributed by atoms with Gasteiger partial charge in [-0.25, -0.2) is 4.39 Å². The molecular formula is C17H18FNO3. The summed E-state index contributed by atoms with van der Waals surface area (Å²) >= 11 is 0. The first-order chi connectivity index (χ1) is 10.7. The second-order valence-corrected chi connectivity index (χ2v) is 5.49. The predicted octanol–water partition coefficient (Wildman–Crippen LogP) is 3.37. The van der Waals surface area contributed by atoms with Crippen molar-refractivity contribution in [2.24, 2.45) is 0 Å². The lowest BCUT2D eigenvalue weighted by Crippen LogP contribution is -2.32. The van der Waals surface area contributed by atoms with Gasteiger partial charge in [-0.2, -0.15) is 0 Å². The molecule has 1 heterocycles. The normalized spacial score (nSPS) is 14.1. The first-order valence-electron chi connectivity index (χ1n) is 7.30. The molecule has 0 bridgehead atoms. The van der Waals surface area contributed by atoms with Gasteiger partial charge in [0, 0.05) is 19.7 Å². The van der Waals surface area contributed by atoms with Gasteiger partial charge in [-0.05, 0) is 42.7 Å². The van der Waals surface area contributed by atoms with Gasteiger partial charge in [0.1, 0.15) is 18.2 Å². The number of amides is 1. The second-order valence-electron chi connectivity index (χ2n) is 5.49. The fourth-order valence-corrected chi connectivity index (χ4v) is 2.39. The number of nitrogens with zero attached hydrogens (tertiary/aromatic N) is 1. The molecule has 0 atom stereocenters. The fourth-order valence-electron chi connectivity index (χ4n) is 2.39. The maximum Gasteiger partial charge on any atom is 0.290 e. The van der Waals surface area contributed by atoms with Gasteiger partial charge < -0.3 is 14.1 Å². The molecule has 0 N–H and O–H groups in total. The van der Waals surface area contributed by atoms with E-state index in [-0.39, 0.29) is 17.8 Å². The Hall–Kier alpha value is -2.14. The quantitative estimate of drug-likeness (QED) is 0.821. The summed E-state index contributed by atoms with van der Waals surface area (Å²) in [5.74, 6) is 0.543. The van der Waals surface area contributed by atoms with E-state index in [0.29, 0.717) is 24.7 Å². The molecule has 3 rings (SSSR count). The van der Waals surface area contributed by atoms with Crippen LogP contribution in [0.15, 0.2) is 40.8 Å². The number of benzene rings is 1. The second kappa shape index (κ2) is 6.32. The van der Waals surface area contributed by atoms with E-state index in [2.05, 4.69) is 0 Å². The summed E-state index contributed by atoms with van der Waals surface area (Å²) in [6.07, 6.45) is 2.00. The highest BCUT2D eigenvalue weighted by molar-refractivity contribution is 5.92. The maximum atomic E-state index is 13.0. The molecule has 5 heteroatoms. The monoisotopic (exact) mass is 303 g/mol. The largest absolute Gasteiger partial charge is 0.453 e. The Bertz CT molecular complexity index is 646. The van der Waals surface area contributed by atoms with Crippen molar-refractivity contribution in [2.75, 3.05) is 7.11 Å². The standard InChI is InChI=1S/C17H18FNO3/c1-21-11-15-8-9-16(22-15)17(20)19(14-6-7-14)10-12-2-4-13(18)5-3-12/h2-5,8-9,14H,6-7,10-11H2,1H3. The summed E-state index contributed by atoms with van der Waals surface area (Å²) in [6, 6.07) is 9.90. The number of ether oxygens (including phenoxy) is 1. The highest BCUT2D eigenvalue weighted by atomic mass is 19.1. The molecule has 0 aliphatic heterocycles. The minimum Gasteiger partial charge on any atom is -0.453 e. The van der Waals surface area contributed by atoms with E-state index in [1.54, 1.807) is 36.3 Å². The molecule has 0 saturated heterocycles. The van der Waals surface area contributed by atoms with Crippen LogP contribution in [0.1, 0.15) is 34.7 Å². The van der Waals surface area contributed by atoms with E-state index in [9.17, 15) is 9.18 Å². The van der Waals surface area contributed by atoms with E-state index in [4.69, 9.17) is 9.15 Å². The summed E-state index contributed by atoms with van der Waals surface area (Å²) < 4.78 is 23.5. The van der Waals surface area contributed by atoms with Crippen molar-refractivity contribution in [3.63, 3.8) is 0 Å². The Labute approximate surface area is 128 Å². The van der Waals surface area contributed by atoms with Crippen molar-refractivity contribution in [2.45, 2.75) is 32.0 Å². The molecule has 116 valence electrons. The molecule has 22 heavy (non-hydrogen) atoms. The van der Waals surface area contributed by atoms with Crippen molar-refractivity contribution >= 4 is 5.91 Å². The van der Waals surface area contributed by atoms with Crippen molar-refractivity contribution in [1.29, 1.82) is 0 Å². The topological polar surface area (TPSA) is 42.7 Å². The number of methoxy groups -OCH3 is 1. The van der Waals surface area contributed by atoms with E-state index in [1.165, 1.54) is 12.1 Å². The molecule has 1 aliphatic rings. The molecule has 1 aliphatic carbocycles. The molecule has 0 unspecified atom stereocenters. The van der Waals surface area contributed by atoms with Crippen LogP contribution in [-0.4, -0.2) is 24.0 Å². The Morgan fingerprint density at radius 1 is 1.27 bits per heavy atom. The van der Waals surface area contributed by atoms with Gasteiger partial charge in [0.2, 0.25) is 0 Å². The molecule has 2 aromatic rings. The van der Waals surface area contributed by atoms with Crippen LogP contribution in [0.4, 0.5) is 4.39 Å². The average molecular weight is 303 g/mol. The zero-order valence-corrected chi connectivity index (χ0v) is 12.4. The number of halogens is 1. The van der Waals surface area contributed by atoms with Crippen LogP contribution in [0.5, 0.6) is 0 Å². The van der Waals surface area contributed by atoms with Gasteiger partial charge in [-0.1, -0.05) is 12.1 Å². The molecule has 1 amide bonds. The van der Waals surface area contributed by atoms with Crippen molar-refractivity contribution < 1.29 is 18.3 Å². The maximum absolute atomic E-state index is 13.0. The molecule has 1 aromatic carbocycles. The Morgan fingerprint density at radius 3 is 2.64 bits per heavy atom. The first kappa shape index (κ1) is 14.8. The molecule has 1 aromatic heterocycles. The zero-order valence-electron chi connectivity index (χ0n) is 12.4. The summed E-state index contributed by atoms with van der Waals surface area (Å²) in [4.78, 5) is 14.4. The fraction of sp³-hybridized carbons (Fsp3) is 0.353. The lowest BCUT2D eigenvalue weighted by molar-refractivity contribution is 0.0690. The van der Waals surface area contributed by atoms with E-state index >= 15 is 0 Å². The number of rotatable bonds is 6. The van der Waals surface area contributed by atoms with Crippen LogP contribution in [0, 0.1) is 5.82 Å². The summed E-state index contributed by atoms with van der Waals surface area (Å²) in [5, 5.41) is 0. The van der Waals surface area contributed by atoms with Gasteiger partial charge in [0.05, 0.1) is 0 Å². The number of furan rings is 1. The highest BCUT2D eigenvalue weighted by Crippen LogP contribution is 2.30. The average Bonchev–Trinajstić information content (AvgIpc) is 3.25. The number of carbonyl (C=O) groups is 1.